The Kier molecular flexibility index (Phi) is 39.8. The predicted octanol–water partition coefficient (Wildman–Crippen LogP) is -0.643. The molecule has 646 valence electrons. The molecule has 6 bridgehead atoms. The maximum Gasteiger partial charge on any atom is 0.324 e. The molecular formula is C101H67N10O21+. The predicted molar refractivity (Wildman–Crippen MR) is 472 cm³/mol. The van der Waals surface area contributed by atoms with E-state index in [0.717, 1.165) is 57.7 Å². The molecule has 3 aliphatic carbocycles. The first-order valence-electron chi connectivity index (χ1n) is 38.5. The van der Waals surface area contributed by atoms with Gasteiger partial charge in [-0.25, -0.2) is 0 Å². The minimum Gasteiger partial charge on any atom is -0.505 e. The molecule has 3 aromatic rings. The molecule has 3 aromatic carbocycles. The molecule has 0 radical (unpaired) electrons. The number of esters is 6. The van der Waals surface area contributed by atoms with Gasteiger partial charge in [0.1, 0.15) is 22.8 Å². The fourth-order valence-electron chi connectivity index (χ4n) is 13.0. The molecule has 5 amide bonds. The van der Waals surface area contributed by atoms with E-state index in [0.29, 0.717) is 0 Å². The zero-order valence-corrected chi connectivity index (χ0v) is 70.0. The number of anilines is 3. The topological polar surface area (TPSA) is 474 Å². The number of ether oxygens (including phenoxy) is 6. The summed E-state index contributed by atoms with van der Waals surface area (Å²) in [6.07, 6.45) is 8.87. The van der Waals surface area contributed by atoms with Crippen LogP contribution < -0.4 is 49.2 Å². The molecule has 31 heteroatoms. The second-order valence-corrected chi connectivity index (χ2v) is 27.2. The van der Waals surface area contributed by atoms with Crippen molar-refractivity contribution in [1.82, 2.24) is 16.0 Å². The Balaban J connectivity index is 1.39. The number of phenols is 3. The Morgan fingerprint density at radius 3 is 1.04 bits per heavy atom. The van der Waals surface area contributed by atoms with Gasteiger partial charge in [-0.2, -0.15) is 0 Å². The summed E-state index contributed by atoms with van der Waals surface area (Å²) in [6, 6.07) is -3.76. The van der Waals surface area contributed by atoms with E-state index in [4.69, 9.17) is 58.5 Å². The SMILES string of the molecule is C#CC#CC#CC#CC#CC#CC#CC#COC(=O)Cc1cc2c(O)c(c1)C(=O)NC1CC(N)C(C(=O)OC)CC1C(=O)Nc1cc(CC(=O)OC#CC#CC#CC#CC#CC#CC#CC#C)cc(c1O)C(=O)NC1CC(N)C(C(=O)OC)CC1[N+](=O)Nc1cc(CC(=O)OCC#CC#CC#CC#CC#CC#CC#CC)cc(c1O)C(=O)NC1CC(N)C(C(=O)OC)CC1C(=O)N2. The van der Waals surface area contributed by atoms with Crippen LogP contribution in [-0.2, 0) is 86.0 Å². The van der Waals surface area contributed by atoms with Crippen molar-refractivity contribution in [2.24, 2.45) is 46.8 Å². The number of nitrogens with two attached hydrogens (primary N) is 3. The largest absolute Gasteiger partial charge is 0.505 e. The van der Waals surface area contributed by atoms with E-state index in [1.807, 2.05) is 0 Å². The van der Waals surface area contributed by atoms with Crippen molar-refractivity contribution in [2.75, 3.05) is 44.0 Å². The van der Waals surface area contributed by atoms with E-state index < -0.39 is 253 Å². The van der Waals surface area contributed by atoms with Gasteiger partial charge in [0.15, 0.2) is 23.9 Å². The van der Waals surface area contributed by atoms with Crippen molar-refractivity contribution in [2.45, 2.75) is 107 Å². The van der Waals surface area contributed by atoms with E-state index in [-0.39, 0.29) is 21.6 Å². The number of benzene rings is 3. The van der Waals surface area contributed by atoms with Gasteiger partial charge in [0.05, 0.1) is 109 Å². The first kappa shape index (κ1) is 99.5. The highest BCUT2D eigenvalue weighted by Gasteiger charge is 2.50. The lowest BCUT2D eigenvalue weighted by Gasteiger charge is -2.38. The number of fused-ring (bicyclic) bond motifs is 9. The van der Waals surface area contributed by atoms with Crippen LogP contribution >= 0.6 is 0 Å². The van der Waals surface area contributed by atoms with Crippen molar-refractivity contribution >= 4 is 82.4 Å². The van der Waals surface area contributed by atoms with Crippen LogP contribution in [0.3, 0.4) is 0 Å². The summed E-state index contributed by atoms with van der Waals surface area (Å²) >= 11 is 0. The van der Waals surface area contributed by atoms with Crippen LogP contribution in [0, 0.1) is 308 Å². The van der Waals surface area contributed by atoms with Gasteiger partial charge < -0.3 is 87.5 Å². The summed E-state index contributed by atoms with van der Waals surface area (Å²) in [5, 5.41) is 50.1. The van der Waals surface area contributed by atoms with Crippen LogP contribution in [0.15, 0.2) is 36.4 Å². The zero-order valence-electron chi connectivity index (χ0n) is 70.0. The zero-order chi connectivity index (χ0) is 95.7. The van der Waals surface area contributed by atoms with Gasteiger partial charge in [-0.15, -0.1) is 18.3 Å². The summed E-state index contributed by atoms with van der Waals surface area (Å²) in [6.45, 7) is 1.04. The van der Waals surface area contributed by atoms with E-state index in [9.17, 15) is 44.1 Å². The molecule has 7 rings (SSSR count). The highest BCUT2D eigenvalue weighted by molar-refractivity contribution is 6.06. The fourth-order valence-corrected chi connectivity index (χ4v) is 13.0. The van der Waals surface area contributed by atoms with E-state index in [1.165, 1.54) is 0 Å². The Morgan fingerprint density at radius 2 is 0.689 bits per heavy atom. The molecule has 0 saturated heterocycles. The molecule has 15 N–H and O–H groups in total. The Labute approximate surface area is 759 Å². The van der Waals surface area contributed by atoms with E-state index in [2.05, 4.69) is 293 Å². The van der Waals surface area contributed by atoms with E-state index in [1.54, 1.807) is 6.92 Å². The molecule has 0 spiro atoms. The van der Waals surface area contributed by atoms with Crippen LogP contribution in [0.2, 0.25) is 0 Å². The minimum absolute atomic E-state index is 0.0700. The third-order valence-electron chi connectivity index (χ3n) is 18.8. The Bertz CT molecular complexity index is 6760. The minimum atomic E-state index is -1.70. The third kappa shape index (κ3) is 31.3. The number of hydrogen-bond donors (Lipinski definition) is 12. The van der Waals surface area contributed by atoms with Crippen LogP contribution in [0.1, 0.15) is 93.2 Å². The van der Waals surface area contributed by atoms with Crippen LogP contribution in [0.25, 0.3) is 0 Å². The van der Waals surface area contributed by atoms with E-state index >= 15 is 28.9 Å². The van der Waals surface area contributed by atoms with Gasteiger partial charge in [0.2, 0.25) is 11.8 Å². The summed E-state index contributed by atoms with van der Waals surface area (Å²) in [7, 11) is 3.12. The van der Waals surface area contributed by atoms with Crippen molar-refractivity contribution in [3.63, 3.8) is 0 Å². The molecule has 31 nitrogen and oxygen atoms in total. The van der Waals surface area contributed by atoms with Crippen molar-refractivity contribution in [1.29, 1.82) is 0 Å². The number of rotatable bonds is 10. The second kappa shape index (κ2) is 52.8. The quantitative estimate of drug-likeness (QED) is 0.0395. The second-order valence-electron chi connectivity index (χ2n) is 27.2. The summed E-state index contributed by atoms with van der Waals surface area (Å²) in [4.78, 5) is 173. The smallest absolute Gasteiger partial charge is 0.324 e. The molecule has 4 aliphatic rings. The lowest BCUT2D eigenvalue weighted by Crippen LogP contribution is -2.58. The van der Waals surface area contributed by atoms with Gasteiger partial charge in [-0.3, -0.25) is 52.7 Å². The highest BCUT2D eigenvalue weighted by atomic mass is 16.5. The standard InChI is InChI=1S/C101H66N10O21/c1-7-10-13-16-19-22-25-28-31-34-37-40-43-46-49-130-88(112)58-67-52-75-91(115)84(55-67)108-95(119)74-62-71(100(124)128-5)79(103)65-82(74)106-97(121)77-54-69(60-90(114)132-51-48-45-42-39-36-33-30-27-24-21-18-15-12-9-3)57-86(93(77)117)110-111(126)87-63-72(101(125)129-6)80(104)66-83(87)107-98(122)76-53-68(59-89(113)131-50-47-44-41-38-35-32-29-26-23-20-17-14-11-8-2)56-85(92(76)116)109-94(118)73-61-70(99(123)127-4)78(102)64-81(73)105-96(75)120/h1-2,52-57,70-74,78-83,87H,51,58-66,102-104H2,3-6H3,(H8-,105,106,107,108,109,110,115,116,117,118,119,120,121,122,126)/p+1. The average Bonchev–Trinajstić information content (AvgIpc) is 0.851. The maximum absolute atomic E-state index is 15.3. The Morgan fingerprint density at radius 1 is 0.394 bits per heavy atom. The highest BCUT2D eigenvalue weighted by Crippen LogP contribution is 2.40. The number of hydrogen-bond acceptors (Lipinski definition) is 24. The fraction of sp³-hybridized carbons (Fsp3) is 0.257. The monoisotopic (exact) mass is 1760 g/mol. The average molecular weight is 1760 g/mol. The number of nitroso groups, excluding NO2 is 1. The first-order valence-corrected chi connectivity index (χ1v) is 38.5. The number of carbonyl (C=O) groups excluding carboxylic acids is 11. The number of phenolic OH excluding ortho intramolecular Hbond substituents is 3. The molecule has 1 heterocycles. The normalized spacial score (nSPS) is 18.6. The summed E-state index contributed by atoms with van der Waals surface area (Å²) in [5.41, 5.74) is 17.6. The number of aromatic hydroxyl groups is 3. The molecule has 3 fully saturated rings. The first-order chi connectivity index (χ1) is 63.7. The van der Waals surface area contributed by atoms with Crippen LogP contribution in [0.4, 0.5) is 17.1 Å². The number of nitrogens with one attached hydrogen (secondary N) is 6. The number of terminal acetylenes is 2. The third-order valence-corrected chi connectivity index (χ3v) is 18.8. The van der Waals surface area contributed by atoms with Crippen LogP contribution in [-0.4, -0.2) is 156 Å². The van der Waals surface area contributed by atoms with Crippen molar-refractivity contribution in [3.8, 4) is 291 Å². The number of nitrogens with zero attached hydrogens (tertiary/aromatic N) is 1. The number of carbonyl (C=O) groups is 11. The molecular weight excluding hydrogens is 1690 g/mol. The van der Waals surface area contributed by atoms with Gasteiger partial charge in [-0.05, 0) is 252 Å². The van der Waals surface area contributed by atoms with Crippen molar-refractivity contribution in [3.05, 3.63) is 74.7 Å². The van der Waals surface area contributed by atoms with Gasteiger partial charge >= 0.3 is 35.8 Å². The van der Waals surface area contributed by atoms with Crippen LogP contribution in [0.5, 0.6) is 17.2 Å². The molecule has 12 unspecified atom stereocenters. The number of hydrazine groups is 1. The summed E-state index contributed by atoms with van der Waals surface area (Å²) in [5.74, 6) is 78.2. The molecule has 12 atom stereocenters. The molecule has 132 heavy (non-hydrogen) atoms. The van der Waals surface area contributed by atoms with Gasteiger partial charge in [-0.1, -0.05) is 5.92 Å². The van der Waals surface area contributed by atoms with Gasteiger partial charge in [0.25, 0.3) is 23.8 Å². The molecule has 3 saturated carbocycles. The molecule has 1 aliphatic heterocycles. The van der Waals surface area contributed by atoms with Gasteiger partial charge in [0, 0.05) is 120 Å². The lowest BCUT2D eigenvalue weighted by molar-refractivity contribution is -0.565. The molecule has 0 aromatic heterocycles. The lowest BCUT2D eigenvalue weighted by atomic mass is 9.74. The Hall–Kier alpha value is -19.6. The summed E-state index contributed by atoms with van der Waals surface area (Å²) < 4.78 is 30.8. The number of amides is 5. The van der Waals surface area contributed by atoms with Crippen molar-refractivity contribution < 1.29 is 101 Å². The maximum atomic E-state index is 15.3. The number of methoxy groups -OCH3 is 3.